The average Bonchev–Trinajstić information content (AvgIpc) is 3.47. The summed E-state index contributed by atoms with van der Waals surface area (Å²) in [6, 6.07) is 72.2. The van der Waals surface area contributed by atoms with Crippen LogP contribution in [-0.2, 0) is 19.3 Å². The molecule has 3 nitrogen and oxygen atoms in total. The Bertz CT molecular complexity index is 3130. The van der Waals surface area contributed by atoms with E-state index in [2.05, 4.69) is 200 Å². The number of allylic oxidation sites excluding steroid dienone is 9. The van der Waals surface area contributed by atoms with Crippen LogP contribution in [0.15, 0.2) is 287 Å². The van der Waals surface area contributed by atoms with Crippen molar-refractivity contribution in [1.82, 2.24) is 15.0 Å². The third-order valence-corrected chi connectivity index (χ3v) is 11.6. The van der Waals surface area contributed by atoms with Gasteiger partial charge in [-0.2, -0.15) is 0 Å². The highest BCUT2D eigenvalue weighted by Gasteiger charge is 2.12. The lowest BCUT2D eigenvalue weighted by Crippen LogP contribution is -1.96. The van der Waals surface area contributed by atoms with E-state index in [1.54, 1.807) is 18.3 Å². The molecule has 3 aromatic heterocycles. The molecule has 75 heavy (non-hydrogen) atoms. The molecule has 0 unspecified atom stereocenters. The lowest BCUT2D eigenvalue weighted by Gasteiger charge is -2.13. The van der Waals surface area contributed by atoms with Gasteiger partial charge in [-0.1, -0.05) is 239 Å². The van der Waals surface area contributed by atoms with Gasteiger partial charge in [-0.15, -0.1) is 6.58 Å². The molecule has 3 heterocycles. The van der Waals surface area contributed by atoms with Crippen LogP contribution in [0.1, 0.15) is 66.5 Å². The van der Waals surface area contributed by atoms with Crippen molar-refractivity contribution in [3.63, 3.8) is 0 Å². The second kappa shape index (κ2) is 33.0. The standard InChI is InChI=1S/C54H46N2.C7H8.C6H7N.C3H6.C2H6/c1-3-20-42(4-2)53-39-51(40-54(56-53)43-23-13-9-14-24-43)48-29-19-27-46(37-48)45-26-18-28-47(36-45)50-33-32-49(35-41-21-10-8-11-22-41)44(38-50)25-12-6-5-7-15-30-52-31-16-17-34-55-52;1-7-5-3-2-4-6-7;1-6-4-2-3-5-7-6;1-3-2;1-2/h3-14,16-24,26-29,31-34,36-40H,1-2,15,25,30,35H2;2-6H,1H3;2-5H,1H3;3H,1H2,2H3;1-2H3/b7-5-,12-6-,42-20+;;;;. The van der Waals surface area contributed by atoms with Crippen LogP contribution in [0.3, 0.4) is 0 Å². The topological polar surface area (TPSA) is 38.7 Å². The monoisotopic (exact) mass is 980 g/mol. The van der Waals surface area contributed by atoms with Crippen LogP contribution in [0.5, 0.6) is 0 Å². The zero-order valence-corrected chi connectivity index (χ0v) is 44.7. The van der Waals surface area contributed by atoms with Crippen LogP contribution in [0.4, 0.5) is 0 Å². The first kappa shape index (κ1) is 57.1. The van der Waals surface area contributed by atoms with Gasteiger partial charge in [0.1, 0.15) is 0 Å². The Hall–Kier alpha value is -8.79. The van der Waals surface area contributed by atoms with E-state index in [1.165, 1.54) is 38.9 Å². The van der Waals surface area contributed by atoms with Gasteiger partial charge in [0.2, 0.25) is 0 Å². The molecule has 0 fully saturated rings. The van der Waals surface area contributed by atoms with E-state index in [0.717, 1.165) is 76.3 Å². The minimum Gasteiger partial charge on any atom is -0.262 e. The van der Waals surface area contributed by atoms with Gasteiger partial charge in [0.05, 0.1) is 11.4 Å². The number of benzene rings is 6. The fourth-order valence-corrected chi connectivity index (χ4v) is 7.94. The van der Waals surface area contributed by atoms with Gasteiger partial charge in [-0.05, 0) is 151 Å². The van der Waals surface area contributed by atoms with Crippen molar-refractivity contribution in [2.45, 2.75) is 60.3 Å². The quantitative estimate of drug-likeness (QED) is 0.0759. The summed E-state index contributed by atoms with van der Waals surface area (Å²) in [5.41, 5.74) is 18.3. The molecule has 0 atom stereocenters. The predicted molar refractivity (Wildman–Crippen MR) is 326 cm³/mol. The first-order valence-corrected chi connectivity index (χ1v) is 25.9. The normalized spacial score (nSPS) is 10.5. The molecule has 6 aromatic carbocycles. The summed E-state index contributed by atoms with van der Waals surface area (Å²) in [6.45, 7) is 21.3. The van der Waals surface area contributed by atoms with E-state index in [4.69, 9.17) is 4.98 Å². The summed E-state index contributed by atoms with van der Waals surface area (Å²) in [4.78, 5) is 13.4. The summed E-state index contributed by atoms with van der Waals surface area (Å²) >= 11 is 0. The molecule has 3 heteroatoms. The van der Waals surface area contributed by atoms with E-state index in [0.29, 0.717) is 0 Å². The van der Waals surface area contributed by atoms with Gasteiger partial charge < -0.3 is 0 Å². The molecule has 0 radical (unpaired) electrons. The summed E-state index contributed by atoms with van der Waals surface area (Å²) in [5.74, 6) is 0. The Labute approximate surface area is 449 Å². The molecule has 9 aromatic rings. The van der Waals surface area contributed by atoms with Crippen molar-refractivity contribution in [3.05, 3.63) is 326 Å². The van der Waals surface area contributed by atoms with Crippen LogP contribution >= 0.6 is 0 Å². The molecule has 0 bridgehead atoms. The number of hydrogen-bond acceptors (Lipinski definition) is 3. The van der Waals surface area contributed by atoms with Gasteiger partial charge in [0, 0.05) is 29.3 Å². The zero-order chi connectivity index (χ0) is 53.3. The Morgan fingerprint density at radius 3 is 1.57 bits per heavy atom. The van der Waals surface area contributed by atoms with E-state index >= 15 is 0 Å². The maximum atomic E-state index is 5.03. The molecule has 376 valence electrons. The first-order chi connectivity index (χ1) is 36.9. The van der Waals surface area contributed by atoms with Crippen molar-refractivity contribution < 1.29 is 0 Å². The second-order valence-corrected chi connectivity index (χ2v) is 17.3. The zero-order valence-electron chi connectivity index (χ0n) is 44.7. The molecule has 0 aliphatic heterocycles. The highest BCUT2D eigenvalue weighted by Crippen LogP contribution is 2.34. The highest BCUT2D eigenvalue weighted by atomic mass is 14.7. The Balaban J connectivity index is 0.000000462. The van der Waals surface area contributed by atoms with Gasteiger partial charge in [0.15, 0.2) is 0 Å². The van der Waals surface area contributed by atoms with Crippen LogP contribution in [0, 0.1) is 13.8 Å². The third kappa shape index (κ3) is 19.6. The SMILES string of the molecule is C=C/C=C(\C=C)c1cc(-c2cccc(-c3cccc(-c4ccc(Cc5ccccc5)c(C/C=C\C=C/CCc5ccccn5)c4)c3)c2)cc(-c2ccccc2)n1.C=CC.CC.Cc1ccccc1.Cc1ccccn1. The van der Waals surface area contributed by atoms with Crippen molar-refractivity contribution in [2.75, 3.05) is 0 Å². The summed E-state index contributed by atoms with van der Waals surface area (Å²) in [5, 5.41) is 0. The molecular weight excluding hydrogens is 907 g/mol. The number of aryl methyl sites for hydroxylation is 3. The van der Waals surface area contributed by atoms with Crippen LogP contribution < -0.4 is 0 Å². The Kier molecular flexibility index (Phi) is 25.2. The van der Waals surface area contributed by atoms with Crippen LogP contribution in [0.2, 0.25) is 0 Å². The number of hydrogen-bond donors (Lipinski definition) is 0. The first-order valence-electron chi connectivity index (χ1n) is 25.9. The van der Waals surface area contributed by atoms with Gasteiger partial charge >= 0.3 is 0 Å². The van der Waals surface area contributed by atoms with Crippen LogP contribution in [-0.4, -0.2) is 15.0 Å². The van der Waals surface area contributed by atoms with Gasteiger partial charge in [-0.25, -0.2) is 4.98 Å². The minimum atomic E-state index is 0.858. The average molecular weight is 980 g/mol. The van der Waals surface area contributed by atoms with E-state index in [-0.39, 0.29) is 0 Å². The number of rotatable bonds is 15. The van der Waals surface area contributed by atoms with Crippen molar-refractivity contribution in [2.24, 2.45) is 0 Å². The van der Waals surface area contributed by atoms with Gasteiger partial charge in [0.25, 0.3) is 0 Å². The Morgan fingerprint density at radius 1 is 0.493 bits per heavy atom. The smallest absolute Gasteiger partial charge is 0.0715 e. The second-order valence-electron chi connectivity index (χ2n) is 17.3. The summed E-state index contributed by atoms with van der Waals surface area (Å²) in [6.07, 6.45) is 23.5. The lowest BCUT2D eigenvalue weighted by molar-refractivity contribution is 0.943. The lowest BCUT2D eigenvalue weighted by atomic mass is 9.92. The molecule has 0 aliphatic rings. The molecule has 0 spiro atoms. The number of nitrogens with zero attached hydrogens (tertiary/aromatic N) is 3. The molecular formula is C72H73N3. The largest absolute Gasteiger partial charge is 0.262 e. The fraction of sp³-hybridized carbons (Fsp3) is 0.125. The number of pyridine rings is 3. The Morgan fingerprint density at radius 2 is 1.04 bits per heavy atom. The van der Waals surface area contributed by atoms with E-state index in [1.807, 2.05) is 113 Å². The molecule has 0 saturated carbocycles. The van der Waals surface area contributed by atoms with Crippen molar-refractivity contribution in [3.8, 4) is 44.6 Å². The predicted octanol–water partition coefficient (Wildman–Crippen LogP) is 19.4. The molecule has 0 amide bonds. The molecule has 9 rings (SSSR count). The number of aromatic nitrogens is 3. The maximum Gasteiger partial charge on any atom is 0.0715 e. The van der Waals surface area contributed by atoms with Crippen molar-refractivity contribution >= 4 is 5.57 Å². The minimum absolute atomic E-state index is 0.858. The summed E-state index contributed by atoms with van der Waals surface area (Å²) < 4.78 is 0. The fourth-order valence-electron chi connectivity index (χ4n) is 7.94. The van der Waals surface area contributed by atoms with Crippen molar-refractivity contribution in [1.29, 1.82) is 0 Å². The third-order valence-electron chi connectivity index (χ3n) is 11.6. The van der Waals surface area contributed by atoms with Crippen LogP contribution in [0.25, 0.3) is 50.2 Å². The molecule has 0 N–H and O–H groups in total. The molecule has 0 saturated heterocycles. The highest BCUT2D eigenvalue weighted by molar-refractivity contribution is 5.82. The van der Waals surface area contributed by atoms with Gasteiger partial charge in [-0.3, -0.25) is 9.97 Å². The molecule has 0 aliphatic carbocycles. The van der Waals surface area contributed by atoms with E-state index in [9.17, 15) is 0 Å². The van der Waals surface area contributed by atoms with E-state index < -0.39 is 0 Å². The summed E-state index contributed by atoms with van der Waals surface area (Å²) in [7, 11) is 0. The maximum absolute atomic E-state index is 5.03.